The Morgan fingerprint density at radius 3 is 2.31 bits per heavy atom. The van der Waals surface area contributed by atoms with Gasteiger partial charge in [0, 0.05) is 11.6 Å². The van der Waals surface area contributed by atoms with Crippen LogP contribution in [0.2, 0.25) is 5.02 Å². The summed E-state index contributed by atoms with van der Waals surface area (Å²) < 4.78 is 27.9. The molecule has 8 heteroatoms. The Morgan fingerprint density at radius 1 is 1.08 bits per heavy atom. The van der Waals surface area contributed by atoms with Gasteiger partial charge >= 0.3 is 0 Å². The molecule has 0 saturated carbocycles. The fourth-order valence-electron chi connectivity index (χ4n) is 2.30. The van der Waals surface area contributed by atoms with Crippen molar-refractivity contribution < 1.29 is 18.3 Å². The second-order valence-corrected chi connectivity index (χ2v) is 7.94. The Bertz CT molecular complexity index is 780. The van der Waals surface area contributed by atoms with Crippen LogP contribution in [0.15, 0.2) is 53.4 Å². The van der Waals surface area contributed by atoms with Crippen LogP contribution < -0.4 is 10.5 Å². The summed E-state index contributed by atoms with van der Waals surface area (Å²) >= 11 is 5.82. The average Bonchev–Trinajstić information content (AvgIpc) is 2.60. The quantitative estimate of drug-likeness (QED) is 0.529. The molecule has 0 aromatic heterocycles. The zero-order valence-corrected chi connectivity index (χ0v) is 15.8. The van der Waals surface area contributed by atoms with Crippen molar-refractivity contribution in [2.45, 2.75) is 24.0 Å². The van der Waals surface area contributed by atoms with E-state index in [1.807, 2.05) is 12.1 Å². The van der Waals surface area contributed by atoms with Crippen molar-refractivity contribution in [1.82, 2.24) is 5.32 Å². The number of nitrogens with two attached hydrogens (primary N) is 1. The number of sulfonamides is 1. The summed E-state index contributed by atoms with van der Waals surface area (Å²) in [5.41, 5.74) is 1.98. The maximum absolute atomic E-state index is 11.2. The maximum atomic E-state index is 11.2. The van der Waals surface area contributed by atoms with E-state index in [-0.39, 0.29) is 11.5 Å². The van der Waals surface area contributed by atoms with Crippen molar-refractivity contribution >= 4 is 21.6 Å². The molecule has 2 aromatic rings. The highest BCUT2D eigenvalue weighted by Crippen LogP contribution is 2.10. The third-order valence-electron chi connectivity index (χ3n) is 3.71. The number of hydrogen-bond donors (Lipinski definition) is 3. The molecule has 0 aliphatic rings. The van der Waals surface area contributed by atoms with Gasteiger partial charge in [-0.2, -0.15) is 0 Å². The molecule has 0 fully saturated rings. The van der Waals surface area contributed by atoms with Crippen LogP contribution >= 0.6 is 11.6 Å². The van der Waals surface area contributed by atoms with Gasteiger partial charge in [-0.15, -0.1) is 0 Å². The van der Waals surface area contributed by atoms with Gasteiger partial charge in [-0.3, -0.25) is 0 Å². The Balaban J connectivity index is 1.61. The highest BCUT2D eigenvalue weighted by Gasteiger charge is 2.07. The first kappa shape index (κ1) is 20.8. The number of primary sulfonamides is 1. The van der Waals surface area contributed by atoms with E-state index in [0.717, 1.165) is 11.1 Å². The molecular formula is C18H23ClN2O4S. The second-order valence-electron chi connectivity index (χ2n) is 5.94. The largest absolute Gasteiger partial charge is 0.389 e. The molecule has 2 rings (SSSR count). The molecule has 6 nitrogen and oxygen atoms in total. The lowest BCUT2D eigenvalue weighted by Crippen LogP contribution is -2.31. The number of aliphatic hydroxyl groups excluding tert-OH is 1. The van der Waals surface area contributed by atoms with E-state index < -0.39 is 16.1 Å². The van der Waals surface area contributed by atoms with Gasteiger partial charge in [0.25, 0.3) is 0 Å². The monoisotopic (exact) mass is 398 g/mol. The number of aliphatic hydroxyl groups is 1. The number of hydrogen-bond acceptors (Lipinski definition) is 5. The topological polar surface area (TPSA) is 102 Å². The lowest BCUT2D eigenvalue weighted by molar-refractivity contribution is 0.0290. The van der Waals surface area contributed by atoms with E-state index in [1.165, 1.54) is 12.1 Å². The molecule has 2 aromatic carbocycles. The number of ether oxygens (including phenoxy) is 1. The molecule has 0 spiro atoms. The molecule has 0 aliphatic heterocycles. The summed E-state index contributed by atoms with van der Waals surface area (Å²) in [5.74, 6) is 0. The predicted molar refractivity (Wildman–Crippen MR) is 102 cm³/mol. The van der Waals surface area contributed by atoms with E-state index >= 15 is 0 Å². The van der Waals surface area contributed by atoms with E-state index in [0.29, 0.717) is 31.1 Å². The Hall–Kier alpha value is -1.48. The normalized spacial score (nSPS) is 12.9. The number of benzene rings is 2. The van der Waals surface area contributed by atoms with E-state index in [1.54, 1.807) is 24.3 Å². The van der Waals surface area contributed by atoms with Crippen molar-refractivity contribution in [1.29, 1.82) is 0 Å². The van der Waals surface area contributed by atoms with Crippen molar-refractivity contribution in [3.05, 3.63) is 64.7 Å². The Kier molecular flexibility index (Phi) is 8.02. The molecule has 0 amide bonds. The Morgan fingerprint density at radius 2 is 1.69 bits per heavy atom. The molecule has 0 bridgehead atoms. The molecule has 4 N–H and O–H groups in total. The molecule has 0 saturated heterocycles. The third-order valence-corrected chi connectivity index (χ3v) is 4.90. The molecule has 0 radical (unpaired) electrons. The van der Waals surface area contributed by atoms with E-state index in [2.05, 4.69) is 5.32 Å². The van der Waals surface area contributed by atoms with Crippen LogP contribution in [0, 0.1) is 0 Å². The van der Waals surface area contributed by atoms with Gasteiger partial charge in [0.2, 0.25) is 10.0 Å². The van der Waals surface area contributed by atoms with Crippen molar-refractivity contribution in [3.63, 3.8) is 0 Å². The van der Waals surface area contributed by atoms with Crippen LogP contribution in [0.1, 0.15) is 11.1 Å². The Labute approximate surface area is 159 Å². The van der Waals surface area contributed by atoms with Crippen molar-refractivity contribution in [3.8, 4) is 0 Å². The second kappa shape index (κ2) is 10.0. The van der Waals surface area contributed by atoms with Crippen molar-refractivity contribution in [2.75, 3.05) is 19.7 Å². The molecule has 0 aliphatic carbocycles. The number of halogens is 1. The van der Waals surface area contributed by atoms with Crippen LogP contribution in [0.3, 0.4) is 0 Å². The molecule has 142 valence electrons. The predicted octanol–water partition coefficient (Wildman–Crippen LogP) is 1.70. The molecular weight excluding hydrogens is 376 g/mol. The average molecular weight is 399 g/mol. The van der Waals surface area contributed by atoms with E-state index in [4.69, 9.17) is 21.5 Å². The molecule has 0 unspecified atom stereocenters. The summed E-state index contributed by atoms with van der Waals surface area (Å²) in [6, 6.07) is 13.8. The third kappa shape index (κ3) is 7.41. The van der Waals surface area contributed by atoms with E-state index in [9.17, 15) is 13.5 Å². The zero-order chi connectivity index (χ0) is 19.0. The zero-order valence-electron chi connectivity index (χ0n) is 14.3. The fraction of sp³-hybridized carbons (Fsp3) is 0.333. The molecule has 0 heterocycles. The van der Waals surface area contributed by atoms with Gasteiger partial charge in [0.05, 0.1) is 24.2 Å². The van der Waals surface area contributed by atoms with Crippen LogP contribution in [-0.4, -0.2) is 39.3 Å². The lowest BCUT2D eigenvalue weighted by atomic mass is 10.1. The fourth-order valence-corrected chi connectivity index (χ4v) is 2.94. The minimum atomic E-state index is -3.66. The number of nitrogens with one attached hydrogen (secondary N) is 1. The van der Waals surface area contributed by atoms with Gasteiger partial charge < -0.3 is 15.2 Å². The minimum Gasteiger partial charge on any atom is -0.389 e. The highest BCUT2D eigenvalue weighted by atomic mass is 35.5. The van der Waals surface area contributed by atoms with Crippen LogP contribution in [0.25, 0.3) is 0 Å². The maximum Gasteiger partial charge on any atom is 0.238 e. The van der Waals surface area contributed by atoms with Crippen LogP contribution in [-0.2, 0) is 27.8 Å². The standard InChI is InChI=1S/C18H23ClN2O4S/c19-16-5-1-15(2-6-16)12-25-13-17(22)11-21-10-9-14-3-7-18(8-4-14)26(20,23)24/h1-8,17,21-22H,9-13H2,(H2,20,23,24)/t17-/m0/s1. The van der Waals surface area contributed by atoms with Gasteiger partial charge in [0.15, 0.2) is 0 Å². The molecule has 26 heavy (non-hydrogen) atoms. The highest BCUT2D eigenvalue weighted by molar-refractivity contribution is 7.89. The lowest BCUT2D eigenvalue weighted by Gasteiger charge is -2.12. The van der Waals surface area contributed by atoms with Gasteiger partial charge in [-0.1, -0.05) is 35.9 Å². The van der Waals surface area contributed by atoms with Gasteiger partial charge in [0.1, 0.15) is 0 Å². The van der Waals surface area contributed by atoms with Crippen LogP contribution in [0.4, 0.5) is 0 Å². The smallest absolute Gasteiger partial charge is 0.238 e. The minimum absolute atomic E-state index is 0.0995. The number of rotatable bonds is 10. The van der Waals surface area contributed by atoms with Gasteiger partial charge in [-0.05, 0) is 48.4 Å². The summed E-state index contributed by atoms with van der Waals surface area (Å²) in [4.78, 5) is 0.0995. The summed E-state index contributed by atoms with van der Waals surface area (Å²) in [5, 5.41) is 18.8. The first-order valence-corrected chi connectivity index (χ1v) is 10.1. The summed E-state index contributed by atoms with van der Waals surface area (Å²) in [7, 11) is -3.66. The summed E-state index contributed by atoms with van der Waals surface area (Å²) in [6.07, 6.45) is 0.107. The first-order chi connectivity index (χ1) is 12.3. The van der Waals surface area contributed by atoms with Crippen molar-refractivity contribution in [2.24, 2.45) is 5.14 Å². The summed E-state index contributed by atoms with van der Waals surface area (Å²) in [6.45, 7) is 1.72. The SMILES string of the molecule is NS(=O)(=O)c1ccc(CCNC[C@H](O)COCc2ccc(Cl)cc2)cc1. The van der Waals surface area contributed by atoms with Gasteiger partial charge in [-0.25, -0.2) is 13.6 Å². The van der Waals surface area contributed by atoms with Crippen LogP contribution in [0.5, 0.6) is 0 Å². The molecule has 1 atom stereocenters. The first-order valence-electron chi connectivity index (χ1n) is 8.17.